The minimum Gasteiger partial charge on any atom is -0.327 e. The number of fused-ring (bicyclic) bond motifs is 3. The van der Waals surface area contributed by atoms with E-state index in [4.69, 9.17) is 5.73 Å². The van der Waals surface area contributed by atoms with Gasteiger partial charge in [0.25, 0.3) is 0 Å². The first-order chi connectivity index (χ1) is 8.33. The molecule has 1 aromatic carbocycles. The molecule has 0 bridgehead atoms. The Labute approximate surface area is 104 Å². The third-order valence-electron chi connectivity index (χ3n) is 4.78. The molecule has 1 nitrogen and oxygen atoms in total. The Kier molecular flexibility index (Phi) is 2.96. The predicted molar refractivity (Wildman–Crippen MR) is 72.0 cm³/mol. The van der Waals surface area contributed by atoms with Crippen LogP contribution in [0.4, 0.5) is 0 Å². The summed E-state index contributed by atoms with van der Waals surface area (Å²) < 4.78 is 0. The quantitative estimate of drug-likeness (QED) is 0.840. The smallest absolute Gasteiger partial charge is 0.00759 e. The summed E-state index contributed by atoms with van der Waals surface area (Å²) in [6, 6.07) is 9.44. The lowest BCUT2D eigenvalue weighted by molar-refractivity contribution is 0.487. The van der Waals surface area contributed by atoms with Gasteiger partial charge in [0.1, 0.15) is 0 Å². The SMILES string of the molecule is CCCCC(N)C1C2CCc3ccccc3C21. The third kappa shape index (κ3) is 1.91. The molecule has 2 aliphatic carbocycles. The summed E-state index contributed by atoms with van der Waals surface area (Å²) in [6.07, 6.45) is 6.42. The first-order valence-corrected chi connectivity index (χ1v) is 7.16. The van der Waals surface area contributed by atoms with Crippen molar-refractivity contribution in [2.24, 2.45) is 17.6 Å². The molecule has 1 saturated carbocycles. The van der Waals surface area contributed by atoms with Crippen LogP contribution in [0.15, 0.2) is 24.3 Å². The Bertz CT molecular complexity index is 398. The number of rotatable bonds is 4. The highest BCUT2D eigenvalue weighted by atomic mass is 14.7. The Morgan fingerprint density at radius 2 is 2.18 bits per heavy atom. The minimum absolute atomic E-state index is 0.441. The second-order valence-electron chi connectivity index (χ2n) is 5.81. The molecule has 2 aliphatic rings. The molecule has 3 rings (SSSR count). The van der Waals surface area contributed by atoms with E-state index in [2.05, 4.69) is 31.2 Å². The summed E-state index contributed by atoms with van der Waals surface area (Å²) in [5, 5.41) is 0. The van der Waals surface area contributed by atoms with E-state index in [1.165, 1.54) is 32.1 Å². The van der Waals surface area contributed by atoms with Gasteiger partial charge in [-0.3, -0.25) is 0 Å². The van der Waals surface area contributed by atoms with Crippen molar-refractivity contribution >= 4 is 0 Å². The Morgan fingerprint density at radius 1 is 1.35 bits per heavy atom. The highest BCUT2D eigenvalue weighted by Gasteiger charge is 2.54. The van der Waals surface area contributed by atoms with Gasteiger partial charge in [-0.15, -0.1) is 0 Å². The van der Waals surface area contributed by atoms with E-state index in [1.54, 1.807) is 11.1 Å². The molecule has 1 aromatic rings. The molecule has 92 valence electrons. The van der Waals surface area contributed by atoms with Gasteiger partial charge in [-0.1, -0.05) is 44.0 Å². The fraction of sp³-hybridized carbons (Fsp3) is 0.625. The average molecular weight is 229 g/mol. The maximum absolute atomic E-state index is 6.38. The number of hydrogen-bond donors (Lipinski definition) is 1. The van der Waals surface area contributed by atoms with Crippen molar-refractivity contribution in [3.63, 3.8) is 0 Å². The fourth-order valence-corrected chi connectivity index (χ4v) is 3.84. The standard InChI is InChI=1S/C16H23N/c1-2-3-8-14(17)16-13-10-9-11-6-4-5-7-12(11)15(13)16/h4-7,13-16H,2-3,8-10,17H2,1H3. The van der Waals surface area contributed by atoms with Gasteiger partial charge in [0.15, 0.2) is 0 Å². The second-order valence-corrected chi connectivity index (χ2v) is 5.81. The molecular weight excluding hydrogens is 206 g/mol. The first-order valence-electron chi connectivity index (χ1n) is 7.16. The summed E-state index contributed by atoms with van der Waals surface area (Å²) in [7, 11) is 0. The van der Waals surface area contributed by atoms with Gasteiger partial charge in [0, 0.05) is 6.04 Å². The molecule has 0 heterocycles. The zero-order chi connectivity index (χ0) is 11.8. The molecule has 4 unspecified atom stereocenters. The van der Waals surface area contributed by atoms with Gasteiger partial charge >= 0.3 is 0 Å². The molecule has 0 aliphatic heterocycles. The van der Waals surface area contributed by atoms with Gasteiger partial charge in [0.05, 0.1) is 0 Å². The summed E-state index contributed by atoms with van der Waals surface area (Å²) in [5.41, 5.74) is 9.58. The molecule has 0 aromatic heterocycles. The van der Waals surface area contributed by atoms with Crippen molar-refractivity contribution in [1.82, 2.24) is 0 Å². The second kappa shape index (κ2) is 4.45. The van der Waals surface area contributed by atoms with Crippen LogP contribution in [-0.2, 0) is 6.42 Å². The third-order valence-corrected chi connectivity index (χ3v) is 4.78. The van der Waals surface area contributed by atoms with Crippen molar-refractivity contribution in [3.8, 4) is 0 Å². The van der Waals surface area contributed by atoms with Crippen LogP contribution in [0, 0.1) is 11.8 Å². The van der Waals surface area contributed by atoms with E-state index in [0.717, 1.165) is 17.8 Å². The Hall–Kier alpha value is -0.820. The molecule has 4 atom stereocenters. The Morgan fingerprint density at radius 3 is 3.00 bits per heavy atom. The average Bonchev–Trinajstić information content (AvgIpc) is 3.11. The Balaban J connectivity index is 1.73. The van der Waals surface area contributed by atoms with Crippen molar-refractivity contribution in [1.29, 1.82) is 0 Å². The summed E-state index contributed by atoms with van der Waals surface area (Å²) in [4.78, 5) is 0. The maximum atomic E-state index is 6.38. The number of nitrogens with two attached hydrogens (primary N) is 1. The van der Waals surface area contributed by atoms with Gasteiger partial charge in [-0.2, -0.15) is 0 Å². The van der Waals surface area contributed by atoms with E-state index < -0.39 is 0 Å². The van der Waals surface area contributed by atoms with Crippen molar-refractivity contribution in [3.05, 3.63) is 35.4 Å². The molecule has 2 N–H and O–H groups in total. The summed E-state index contributed by atoms with van der Waals surface area (Å²) in [6.45, 7) is 2.25. The number of unbranched alkanes of at least 4 members (excludes halogenated alkanes) is 1. The van der Waals surface area contributed by atoms with Gasteiger partial charge in [-0.25, -0.2) is 0 Å². The predicted octanol–water partition coefficient (Wildman–Crippen LogP) is 3.48. The number of aryl methyl sites for hydroxylation is 1. The van der Waals surface area contributed by atoms with E-state index in [0.29, 0.717) is 6.04 Å². The summed E-state index contributed by atoms with van der Waals surface area (Å²) in [5.74, 6) is 2.48. The van der Waals surface area contributed by atoms with Gasteiger partial charge in [-0.05, 0) is 48.1 Å². The van der Waals surface area contributed by atoms with Crippen LogP contribution >= 0.6 is 0 Å². The van der Waals surface area contributed by atoms with Gasteiger partial charge < -0.3 is 5.73 Å². The van der Waals surface area contributed by atoms with Crippen LogP contribution in [0.25, 0.3) is 0 Å². The van der Waals surface area contributed by atoms with Crippen molar-refractivity contribution < 1.29 is 0 Å². The topological polar surface area (TPSA) is 26.0 Å². The molecule has 1 heteroatoms. The van der Waals surface area contributed by atoms with Crippen LogP contribution in [0.5, 0.6) is 0 Å². The lowest BCUT2D eigenvalue weighted by Gasteiger charge is -2.13. The van der Waals surface area contributed by atoms with E-state index >= 15 is 0 Å². The summed E-state index contributed by atoms with van der Waals surface area (Å²) >= 11 is 0. The number of hydrogen-bond acceptors (Lipinski definition) is 1. The zero-order valence-corrected chi connectivity index (χ0v) is 10.7. The van der Waals surface area contributed by atoms with Crippen molar-refractivity contribution in [2.45, 2.75) is 51.0 Å². The lowest BCUT2D eigenvalue weighted by Crippen LogP contribution is -2.23. The monoisotopic (exact) mass is 229 g/mol. The normalized spacial score (nSPS) is 31.5. The van der Waals surface area contributed by atoms with E-state index in [-0.39, 0.29) is 0 Å². The molecule has 0 spiro atoms. The maximum Gasteiger partial charge on any atom is 0.00759 e. The molecule has 17 heavy (non-hydrogen) atoms. The van der Waals surface area contributed by atoms with Crippen LogP contribution in [0.3, 0.4) is 0 Å². The fourth-order valence-electron chi connectivity index (χ4n) is 3.84. The van der Waals surface area contributed by atoms with Crippen LogP contribution in [0.1, 0.15) is 49.7 Å². The highest BCUT2D eigenvalue weighted by Crippen LogP contribution is 2.61. The largest absolute Gasteiger partial charge is 0.327 e. The van der Waals surface area contributed by atoms with Crippen molar-refractivity contribution in [2.75, 3.05) is 0 Å². The van der Waals surface area contributed by atoms with E-state index in [1.807, 2.05) is 0 Å². The molecule has 0 radical (unpaired) electrons. The van der Waals surface area contributed by atoms with Crippen LogP contribution < -0.4 is 5.73 Å². The number of benzene rings is 1. The molecule has 0 saturated heterocycles. The molecule has 0 amide bonds. The molecule has 1 fully saturated rings. The molecular formula is C16H23N. The zero-order valence-electron chi connectivity index (χ0n) is 10.7. The van der Waals surface area contributed by atoms with E-state index in [9.17, 15) is 0 Å². The first kappa shape index (κ1) is 11.3. The van der Waals surface area contributed by atoms with Crippen LogP contribution in [0.2, 0.25) is 0 Å². The van der Waals surface area contributed by atoms with Gasteiger partial charge in [0.2, 0.25) is 0 Å². The minimum atomic E-state index is 0.441. The highest BCUT2D eigenvalue weighted by molar-refractivity contribution is 5.39. The lowest BCUT2D eigenvalue weighted by atomic mass is 9.92. The van der Waals surface area contributed by atoms with Crippen LogP contribution in [-0.4, -0.2) is 6.04 Å².